The Bertz CT molecular complexity index is 707. The molecule has 0 radical (unpaired) electrons. The van der Waals surface area contributed by atoms with Gasteiger partial charge in [0.2, 0.25) is 5.76 Å². The van der Waals surface area contributed by atoms with Crippen LogP contribution in [0.3, 0.4) is 0 Å². The molecule has 1 aromatic rings. The number of hydrogen-bond donors (Lipinski definition) is 0. The van der Waals surface area contributed by atoms with Crippen molar-refractivity contribution in [3.63, 3.8) is 0 Å². The number of carbonyl (C=O) groups excluding carboxylic acids is 3. The van der Waals surface area contributed by atoms with E-state index in [1.165, 1.54) is 13.2 Å². The van der Waals surface area contributed by atoms with Crippen molar-refractivity contribution in [1.29, 1.82) is 0 Å². The summed E-state index contributed by atoms with van der Waals surface area (Å²) >= 11 is 0. The van der Waals surface area contributed by atoms with Gasteiger partial charge in [-0.3, -0.25) is 9.59 Å². The molecule has 126 valence electrons. The van der Waals surface area contributed by atoms with Gasteiger partial charge in [-0.15, -0.1) is 0 Å². The number of benzene rings is 1. The van der Waals surface area contributed by atoms with Gasteiger partial charge in [-0.25, -0.2) is 4.79 Å². The van der Waals surface area contributed by atoms with Gasteiger partial charge >= 0.3 is 11.9 Å². The van der Waals surface area contributed by atoms with Crippen LogP contribution in [0.4, 0.5) is 0 Å². The van der Waals surface area contributed by atoms with Gasteiger partial charge in [0.15, 0.2) is 5.78 Å². The van der Waals surface area contributed by atoms with E-state index in [2.05, 4.69) is 4.74 Å². The van der Waals surface area contributed by atoms with Crippen molar-refractivity contribution < 1.29 is 28.6 Å². The van der Waals surface area contributed by atoms with Crippen molar-refractivity contribution in [2.24, 2.45) is 11.8 Å². The molecule has 2 aliphatic heterocycles. The molecule has 1 saturated heterocycles. The molecular formula is C18H18O6. The van der Waals surface area contributed by atoms with Crippen molar-refractivity contribution in [3.8, 4) is 0 Å². The lowest BCUT2D eigenvalue weighted by Gasteiger charge is -2.39. The molecule has 3 rings (SSSR count). The lowest BCUT2D eigenvalue weighted by Crippen LogP contribution is -2.47. The largest absolute Gasteiger partial charge is 0.480 e. The molecule has 6 heteroatoms. The summed E-state index contributed by atoms with van der Waals surface area (Å²) in [5.74, 6) is -2.20. The summed E-state index contributed by atoms with van der Waals surface area (Å²) in [5, 5.41) is 0. The van der Waals surface area contributed by atoms with Crippen molar-refractivity contribution in [2.45, 2.75) is 18.9 Å². The summed E-state index contributed by atoms with van der Waals surface area (Å²) in [6.45, 7) is 1.89. The van der Waals surface area contributed by atoms with E-state index >= 15 is 0 Å². The smallest absolute Gasteiger partial charge is 0.373 e. The first-order valence-corrected chi connectivity index (χ1v) is 7.68. The highest BCUT2D eigenvalue weighted by molar-refractivity contribution is 5.97. The first-order valence-electron chi connectivity index (χ1n) is 7.68. The lowest BCUT2D eigenvalue weighted by molar-refractivity contribution is -0.148. The monoisotopic (exact) mass is 330 g/mol. The van der Waals surface area contributed by atoms with Crippen LogP contribution in [0.25, 0.3) is 0 Å². The van der Waals surface area contributed by atoms with E-state index in [0.29, 0.717) is 5.56 Å². The number of rotatable bonds is 4. The van der Waals surface area contributed by atoms with Crippen LogP contribution >= 0.6 is 0 Å². The fourth-order valence-corrected chi connectivity index (χ4v) is 3.22. The third kappa shape index (κ3) is 2.79. The van der Waals surface area contributed by atoms with Crippen LogP contribution in [0.2, 0.25) is 0 Å². The Hall–Kier alpha value is -2.63. The first kappa shape index (κ1) is 16.2. The number of esters is 2. The van der Waals surface area contributed by atoms with Crippen LogP contribution in [0.5, 0.6) is 0 Å². The van der Waals surface area contributed by atoms with Gasteiger partial charge in [0, 0.05) is 5.56 Å². The summed E-state index contributed by atoms with van der Waals surface area (Å²) < 4.78 is 15.6. The second-order valence-corrected chi connectivity index (χ2v) is 6.17. The number of ketones is 1. The van der Waals surface area contributed by atoms with Gasteiger partial charge < -0.3 is 14.2 Å². The Morgan fingerprint density at radius 1 is 1.29 bits per heavy atom. The number of methoxy groups -OCH3 is 1. The van der Waals surface area contributed by atoms with Gasteiger partial charge in [-0.1, -0.05) is 30.3 Å². The highest BCUT2D eigenvalue weighted by Gasteiger charge is 2.53. The summed E-state index contributed by atoms with van der Waals surface area (Å²) in [7, 11) is 1.23. The predicted molar refractivity (Wildman–Crippen MR) is 82.9 cm³/mol. The average molecular weight is 330 g/mol. The zero-order valence-electron chi connectivity index (χ0n) is 13.5. The number of carbonyl (C=O) groups is 3. The summed E-state index contributed by atoms with van der Waals surface area (Å²) in [4.78, 5) is 36.4. The average Bonchev–Trinajstić information content (AvgIpc) is 2.97. The second-order valence-electron chi connectivity index (χ2n) is 6.17. The Morgan fingerprint density at radius 3 is 2.67 bits per heavy atom. The molecule has 0 aliphatic carbocycles. The number of fused-ring (bicyclic) bond motifs is 1. The predicted octanol–water partition coefficient (Wildman–Crippen LogP) is 1.89. The standard InChI is InChI=1S/C18H18O6/c1-18(9-14(19)11-6-4-3-5-7-11)13-10-23-16(20)12(13)8-15(24-18)17(21)22-2/h3-8,12-13H,9-10H2,1-2H3/t12-,13-,18-/m1/s1. The van der Waals surface area contributed by atoms with Crippen LogP contribution < -0.4 is 0 Å². The van der Waals surface area contributed by atoms with Crippen molar-refractivity contribution >= 4 is 17.7 Å². The lowest BCUT2D eigenvalue weighted by atomic mass is 9.75. The van der Waals surface area contributed by atoms with Gasteiger partial charge in [-0.05, 0) is 13.0 Å². The number of hydrogen-bond acceptors (Lipinski definition) is 6. The van der Waals surface area contributed by atoms with E-state index in [1.807, 2.05) is 6.07 Å². The van der Waals surface area contributed by atoms with Gasteiger partial charge in [0.1, 0.15) is 5.60 Å². The Balaban J connectivity index is 1.90. The van der Waals surface area contributed by atoms with E-state index in [4.69, 9.17) is 9.47 Å². The molecule has 0 saturated carbocycles. The molecule has 0 bridgehead atoms. The highest BCUT2D eigenvalue weighted by atomic mass is 16.6. The maximum atomic E-state index is 12.6. The molecule has 0 N–H and O–H groups in total. The molecule has 2 aliphatic rings. The highest BCUT2D eigenvalue weighted by Crippen LogP contribution is 2.43. The van der Waals surface area contributed by atoms with Crippen molar-refractivity contribution in [2.75, 3.05) is 13.7 Å². The molecule has 0 unspecified atom stereocenters. The Kier molecular flexibility index (Phi) is 4.13. The van der Waals surface area contributed by atoms with Gasteiger partial charge in [0.05, 0.1) is 32.0 Å². The maximum Gasteiger partial charge on any atom is 0.373 e. The normalized spacial score (nSPS) is 28.2. The van der Waals surface area contributed by atoms with Crippen molar-refractivity contribution in [1.82, 2.24) is 0 Å². The zero-order valence-corrected chi connectivity index (χ0v) is 13.5. The molecule has 0 amide bonds. The van der Waals surface area contributed by atoms with E-state index in [0.717, 1.165) is 0 Å². The molecule has 24 heavy (non-hydrogen) atoms. The minimum Gasteiger partial charge on any atom is -0.480 e. The molecule has 0 spiro atoms. The van der Waals surface area contributed by atoms with E-state index in [1.54, 1.807) is 31.2 Å². The zero-order chi connectivity index (χ0) is 17.3. The number of ether oxygens (including phenoxy) is 3. The topological polar surface area (TPSA) is 78.9 Å². The summed E-state index contributed by atoms with van der Waals surface area (Å²) in [6, 6.07) is 8.83. The van der Waals surface area contributed by atoms with Crippen molar-refractivity contribution in [3.05, 3.63) is 47.7 Å². The number of cyclic esters (lactones) is 1. The van der Waals surface area contributed by atoms with Gasteiger partial charge in [0.25, 0.3) is 0 Å². The van der Waals surface area contributed by atoms with Crippen LogP contribution in [0.1, 0.15) is 23.7 Å². The molecule has 6 nitrogen and oxygen atoms in total. The van der Waals surface area contributed by atoms with Gasteiger partial charge in [-0.2, -0.15) is 0 Å². The van der Waals surface area contributed by atoms with E-state index in [-0.39, 0.29) is 30.5 Å². The minimum atomic E-state index is -1.03. The Labute approximate surface area is 139 Å². The SMILES string of the molecule is COC(=O)C1=C[C@H]2C(=O)OC[C@H]2[C@@](C)(CC(=O)c2ccccc2)O1. The third-order valence-electron chi connectivity index (χ3n) is 4.56. The molecule has 1 aromatic carbocycles. The maximum absolute atomic E-state index is 12.6. The second kappa shape index (κ2) is 6.11. The summed E-state index contributed by atoms with van der Waals surface area (Å²) in [5.41, 5.74) is -0.472. The first-order chi connectivity index (χ1) is 11.4. The molecular weight excluding hydrogens is 312 g/mol. The van der Waals surface area contributed by atoms with E-state index < -0.39 is 23.5 Å². The quantitative estimate of drug-likeness (QED) is 0.620. The molecule has 1 fully saturated rings. The minimum absolute atomic E-state index is 0.0309. The number of Topliss-reactive ketones (excluding diaryl/α,β-unsaturated/α-hetero) is 1. The molecule has 3 atom stereocenters. The Morgan fingerprint density at radius 2 is 2.00 bits per heavy atom. The summed E-state index contributed by atoms with van der Waals surface area (Å²) in [6.07, 6.45) is 1.46. The fourth-order valence-electron chi connectivity index (χ4n) is 3.22. The van der Waals surface area contributed by atoms with E-state index in [9.17, 15) is 14.4 Å². The fraction of sp³-hybridized carbons (Fsp3) is 0.389. The van der Waals surface area contributed by atoms with Crippen LogP contribution in [0, 0.1) is 11.8 Å². The molecule has 2 heterocycles. The van der Waals surface area contributed by atoms with Crippen LogP contribution in [-0.2, 0) is 23.8 Å². The third-order valence-corrected chi connectivity index (χ3v) is 4.56. The van der Waals surface area contributed by atoms with Crippen LogP contribution in [-0.4, -0.2) is 37.0 Å². The van der Waals surface area contributed by atoms with Crippen LogP contribution in [0.15, 0.2) is 42.2 Å². The molecule has 0 aromatic heterocycles.